The highest BCUT2D eigenvalue weighted by Gasteiger charge is 2.22. The number of aryl methyl sites for hydroxylation is 1. The van der Waals surface area contributed by atoms with E-state index in [1.165, 1.54) is 23.3 Å². The molecule has 1 atom stereocenters. The first-order chi connectivity index (χ1) is 14.0. The Labute approximate surface area is 170 Å². The fourth-order valence-corrected chi connectivity index (χ4v) is 4.71. The van der Waals surface area contributed by atoms with E-state index >= 15 is 0 Å². The number of hydrogen-bond donors (Lipinski definition) is 2. The van der Waals surface area contributed by atoms with Gasteiger partial charge in [-0.2, -0.15) is 0 Å². The third-order valence-corrected chi connectivity index (χ3v) is 6.52. The minimum absolute atomic E-state index is 0.0180. The summed E-state index contributed by atoms with van der Waals surface area (Å²) in [5.74, 6) is -0.202. The first-order valence-corrected chi connectivity index (χ1v) is 11.1. The molecule has 0 aliphatic heterocycles. The topological polar surface area (TPSA) is 75.3 Å². The average Bonchev–Trinajstić information content (AvgIpc) is 2.74. The summed E-state index contributed by atoms with van der Waals surface area (Å²) in [6.07, 6.45) is 2.96. The number of nitrogens with one attached hydrogen (secondary N) is 2. The van der Waals surface area contributed by atoms with Gasteiger partial charge in [0.25, 0.3) is 15.9 Å². The second-order valence-corrected chi connectivity index (χ2v) is 8.80. The van der Waals surface area contributed by atoms with Crippen LogP contribution in [0.15, 0.2) is 83.8 Å². The molecule has 3 aromatic carbocycles. The smallest absolute Gasteiger partial charge is 0.261 e. The summed E-state index contributed by atoms with van der Waals surface area (Å²) in [6.45, 7) is 0. The van der Waals surface area contributed by atoms with Crippen molar-refractivity contribution in [1.82, 2.24) is 5.32 Å². The quantitative estimate of drug-likeness (QED) is 0.664. The molecule has 0 heterocycles. The highest BCUT2D eigenvalue weighted by Crippen LogP contribution is 2.29. The van der Waals surface area contributed by atoms with Crippen LogP contribution in [0.5, 0.6) is 0 Å². The molecule has 0 saturated heterocycles. The molecule has 0 bridgehead atoms. The Morgan fingerprint density at radius 3 is 2.31 bits per heavy atom. The molecule has 0 radical (unpaired) electrons. The molecule has 0 spiro atoms. The Morgan fingerprint density at radius 1 is 0.862 bits per heavy atom. The Bertz CT molecular complexity index is 1110. The van der Waals surface area contributed by atoms with Gasteiger partial charge in [0.2, 0.25) is 0 Å². The van der Waals surface area contributed by atoms with Crippen LogP contribution in [-0.2, 0) is 16.4 Å². The van der Waals surface area contributed by atoms with Crippen molar-refractivity contribution in [3.05, 3.63) is 95.6 Å². The van der Waals surface area contributed by atoms with Crippen LogP contribution in [-0.4, -0.2) is 14.3 Å². The van der Waals surface area contributed by atoms with Crippen LogP contribution in [0.1, 0.15) is 40.4 Å². The molecule has 0 aromatic heterocycles. The zero-order valence-electron chi connectivity index (χ0n) is 15.8. The minimum atomic E-state index is -3.70. The fourth-order valence-electron chi connectivity index (χ4n) is 3.65. The lowest BCUT2D eigenvalue weighted by Crippen LogP contribution is -2.31. The van der Waals surface area contributed by atoms with E-state index in [4.69, 9.17) is 0 Å². The number of para-hydroxylation sites is 1. The number of benzene rings is 3. The largest absolute Gasteiger partial charge is 0.345 e. The van der Waals surface area contributed by atoms with Crippen molar-refractivity contribution < 1.29 is 13.2 Å². The predicted molar refractivity (Wildman–Crippen MR) is 113 cm³/mol. The van der Waals surface area contributed by atoms with Crippen LogP contribution in [0, 0.1) is 0 Å². The van der Waals surface area contributed by atoms with E-state index < -0.39 is 10.0 Å². The zero-order chi connectivity index (χ0) is 20.3. The number of anilines is 1. The second-order valence-electron chi connectivity index (χ2n) is 7.11. The highest BCUT2D eigenvalue weighted by atomic mass is 32.2. The number of hydrogen-bond acceptors (Lipinski definition) is 3. The van der Waals surface area contributed by atoms with Gasteiger partial charge < -0.3 is 5.32 Å². The summed E-state index contributed by atoms with van der Waals surface area (Å²) in [4.78, 5) is 12.8. The van der Waals surface area contributed by atoms with Crippen LogP contribution in [0.2, 0.25) is 0 Å². The Hall–Kier alpha value is -3.12. The molecule has 6 heteroatoms. The summed E-state index contributed by atoms with van der Waals surface area (Å²) < 4.78 is 27.6. The number of amides is 1. The van der Waals surface area contributed by atoms with Gasteiger partial charge in [0.05, 0.1) is 10.9 Å². The molecular formula is C23H22N2O3S. The molecule has 0 fully saturated rings. The van der Waals surface area contributed by atoms with Gasteiger partial charge in [0.15, 0.2) is 0 Å². The molecule has 5 nitrogen and oxygen atoms in total. The third-order valence-electron chi connectivity index (χ3n) is 5.13. The van der Waals surface area contributed by atoms with Crippen molar-refractivity contribution in [3.8, 4) is 0 Å². The first kappa shape index (κ1) is 19.2. The van der Waals surface area contributed by atoms with Crippen molar-refractivity contribution in [3.63, 3.8) is 0 Å². The third kappa shape index (κ3) is 4.32. The summed E-state index contributed by atoms with van der Waals surface area (Å²) in [6, 6.07) is 22.8. The van der Waals surface area contributed by atoms with Gasteiger partial charge in [-0.1, -0.05) is 42.5 Å². The van der Waals surface area contributed by atoms with Crippen molar-refractivity contribution in [2.75, 3.05) is 4.72 Å². The van der Waals surface area contributed by atoms with Gasteiger partial charge >= 0.3 is 0 Å². The Morgan fingerprint density at radius 2 is 1.55 bits per heavy atom. The lowest BCUT2D eigenvalue weighted by atomic mass is 9.87. The van der Waals surface area contributed by atoms with Gasteiger partial charge in [-0.15, -0.1) is 0 Å². The van der Waals surface area contributed by atoms with E-state index in [9.17, 15) is 13.2 Å². The van der Waals surface area contributed by atoms with Crippen molar-refractivity contribution in [1.29, 1.82) is 0 Å². The molecule has 1 amide bonds. The second kappa shape index (κ2) is 8.09. The van der Waals surface area contributed by atoms with Crippen LogP contribution in [0.3, 0.4) is 0 Å². The number of rotatable bonds is 5. The van der Waals surface area contributed by atoms with Gasteiger partial charge in [-0.25, -0.2) is 8.42 Å². The van der Waals surface area contributed by atoms with Gasteiger partial charge in [-0.3, -0.25) is 9.52 Å². The molecule has 29 heavy (non-hydrogen) atoms. The molecule has 0 saturated carbocycles. The van der Waals surface area contributed by atoms with E-state index in [-0.39, 0.29) is 16.8 Å². The minimum Gasteiger partial charge on any atom is -0.345 e. The molecule has 2 N–H and O–H groups in total. The maximum Gasteiger partial charge on any atom is 0.261 e. The summed E-state index contributed by atoms with van der Waals surface area (Å²) >= 11 is 0. The summed E-state index contributed by atoms with van der Waals surface area (Å²) in [5.41, 5.74) is 3.37. The lowest BCUT2D eigenvalue weighted by Gasteiger charge is -2.26. The number of fused-ring (bicyclic) bond motifs is 1. The van der Waals surface area contributed by atoms with E-state index in [1.807, 2.05) is 18.2 Å². The molecule has 1 aliphatic rings. The first-order valence-electron chi connectivity index (χ1n) is 9.59. The molecule has 148 valence electrons. The van der Waals surface area contributed by atoms with Crippen LogP contribution in [0.25, 0.3) is 0 Å². The maximum atomic E-state index is 12.7. The van der Waals surface area contributed by atoms with Gasteiger partial charge in [0, 0.05) is 11.3 Å². The predicted octanol–water partition coefficient (Wildman–Crippen LogP) is 4.29. The van der Waals surface area contributed by atoms with Crippen molar-refractivity contribution >= 4 is 21.6 Å². The average molecular weight is 407 g/mol. The molecule has 3 aromatic rings. The number of carbonyl (C=O) groups is 1. The van der Waals surface area contributed by atoms with E-state index in [2.05, 4.69) is 22.2 Å². The fraction of sp³-hybridized carbons (Fsp3) is 0.174. The van der Waals surface area contributed by atoms with E-state index in [0.717, 1.165) is 19.3 Å². The highest BCUT2D eigenvalue weighted by molar-refractivity contribution is 7.92. The summed E-state index contributed by atoms with van der Waals surface area (Å²) in [7, 11) is -3.70. The van der Waals surface area contributed by atoms with E-state index in [0.29, 0.717) is 11.3 Å². The standard InChI is InChI=1S/C23H22N2O3S/c26-23(24-22-12-6-8-17-7-4-5-11-21(17)22)18-13-15-20(16-14-18)29(27,28)25-19-9-2-1-3-10-19/h1-5,7,9-11,13-16,22,25H,6,8,12H2,(H,24,26)/t22-/m1/s1. The normalized spacial score (nSPS) is 15.9. The van der Waals surface area contributed by atoms with Crippen LogP contribution >= 0.6 is 0 Å². The summed E-state index contributed by atoms with van der Waals surface area (Å²) in [5, 5.41) is 3.09. The van der Waals surface area contributed by atoms with Crippen LogP contribution < -0.4 is 10.0 Å². The van der Waals surface area contributed by atoms with E-state index in [1.54, 1.807) is 36.4 Å². The van der Waals surface area contributed by atoms with Crippen molar-refractivity contribution in [2.45, 2.75) is 30.2 Å². The molecule has 0 unspecified atom stereocenters. The zero-order valence-corrected chi connectivity index (χ0v) is 16.7. The monoisotopic (exact) mass is 406 g/mol. The molecular weight excluding hydrogens is 384 g/mol. The number of carbonyl (C=O) groups excluding carboxylic acids is 1. The SMILES string of the molecule is O=C(N[C@@H]1CCCc2ccccc21)c1ccc(S(=O)(=O)Nc2ccccc2)cc1. The Kier molecular flexibility index (Phi) is 5.36. The lowest BCUT2D eigenvalue weighted by molar-refractivity contribution is 0.0932. The Balaban J connectivity index is 1.47. The number of sulfonamides is 1. The van der Waals surface area contributed by atoms with Gasteiger partial charge in [-0.05, 0) is 66.8 Å². The van der Waals surface area contributed by atoms with Crippen molar-refractivity contribution in [2.24, 2.45) is 0 Å². The van der Waals surface area contributed by atoms with Gasteiger partial charge in [0.1, 0.15) is 0 Å². The molecule has 4 rings (SSSR count). The molecule has 1 aliphatic carbocycles. The van der Waals surface area contributed by atoms with Crippen LogP contribution in [0.4, 0.5) is 5.69 Å². The maximum absolute atomic E-state index is 12.7.